The van der Waals surface area contributed by atoms with Gasteiger partial charge in [-0.05, 0) is 49.9 Å². The molecule has 29 heavy (non-hydrogen) atoms. The lowest BCUT2D eigenvalue weighted by atomic mass is 9.98. The second-order valence-corrected chi connectivity index (χ2v) is 9.53. The molecule has 0 aliphatic heterocycles. The van der Waals surface area contributed by atoms with Gasteiger partial charge in [-0.15, -0.1) is 0 Å². The van der Waals surface area contributed by atoms with Crippen LogP contribution in [0.4, 0.5) is 5.69 Å². The Hall–Kier alpha value is -1.80. The van der Waals surface area contributed by atoms with Crippen molar-refractivity contribution >= 4 is 21.6 Å². The Morgan fingerprint density at radius 1 is 1.21 bits per heavy atom. The summed E-state index contributed by atoms with van der Waals surface area (Å²) in [4.78, 5) is 12.4. The van der Waals surface area contributed by atoms with Gasteiger partial charge in [0.15, 0.2) is 6.10 Å². The molecular formula is C21H34N2O5S. The Morgan fingerprint density at radius 3 is 2.45 bits per heavy atom. The SMILES string of the molecule is CC[C@H](Oc1ccc(N(C)S(C)(=O)=O)cc1)C(=O)NCCCOC1CCCCC1. The van der Waals surface area contributed by atoms with Gasteiger partial charge in [0.05, 0.1) is 18.0 Å². The highest BCUT2D eigenvalue weighted by atomic mass is 32.2. The first kappa shape index (κ1) is 23.5. The normalized spacial score (nSPS) is 16.2. The van der Waals surface area contributed by atoms with Crippen molar-refractivity contribution in [3.05, 3.63) is 24.3 Å². The van der Waals surface area contributed by atoms with E-state index >= 15 is 0 Å². The van der Waals surface area contributed by atoms with Gasteiger partial charge in [0, 0.05) is 20.2 Å². The molecule has 0 heterocycles. The smallest absolute Gasteiger partial charge is 0.261 e. The van der Waals surface area contributed by atoms with E-state index in [1.54, 1.807) is 24.3 Å². The summed E-state index contributed by atoms with van der Waals surface area (Å²) in [5.41, 5.74) is 0.537. The number of amides is 1. The molecule has 8 heteroatoms. The number of carbonyl (C=O) groups excluding carboxylic acids is 1. The van der Waals surface area contributed by atoms with E-state index in [0.717, 1.165) is 25.5 Å². The molecule has 2 rings (SSSR count). The molecule has 1 fully saturated rings. The summed E-state index contributed by atoms with van der Waals surface area (Å²) in [6.07, 6.45) is 8.38. The Labute approximate surface area is 174 Å². The van der Waals surface area contributed by atoms with E-state index in [2.05, 4.69) is 5.32 Å². The fraction of sp³-hybridized carbons (Fsp3) is 0.667. The monoisotopic (exact) mass is 426 g/mol. The molecule has 0 saturated heterocycles. The van der Waals surface area contributed by atoms with Gasteiger partial charge in [-0.1, -0.05) is 26.2 Å². The van der Waals surface area contributed by atoms with Gasteiger partial charge in [-0.3, -0.25) is 9.10 Å². The zero-order chi connectivity index (χ0) is 21.3. The fourth-order valence-corrected chi connectivity index (χ4v) is 3.80. The minimum Gasteiger partial charge on any atom is -0.481 e. The van der Waals surface area contributed by atoms with E-state index in [1.165, 1.54) is 30.6 Å². The van der Waals surface area contributed by atoms with Gasteiger partial charge in [-0.2, -0.15) is 0 Å². The topological polar surface area (TPSA) is 84.9 Å². The lowest BCUT2D eigenvalue weighted by molar-refractivity contribution is -0.128. The van der Waals surface area contributed by atoms with Crippen molar-refractivity contribution in [2.75, 3.05) is 30.8 Å². The van der Waals surface area contributed by atoms with Gasteiger partial charge < -0.3 is 14.8 Å². The van der Waals surface area contributed by atoms with Crippen LogP contribution in [0.2, 0.25) is 0 Å². The number of sulfonamides is 1. The lowest BCUT2D eigenvalue weighted by Gasteiger charge is -2.22. The average molecular weight is 427 g/mol. The quantitative estimate of drug-likeness (QED) is 0.550. The third kappa shape index (κ3) is 7.85. The van der Waals surface area contributed by atoms with E-state index < -0.39 is 16.1 Å². The highest BCUT2D eigenvalue weighted by Crippen LogP contribution is 2.22. The molecular weight excluding hydrogens is 392 g/mol. The number of benzene rings is 1. The molecule has 1 saturated carbocycles. The van der Waals surface area contributed by atoms with Crippen LogP contribution in [0.1, 0.15) is 51.9 Å². The van der Waals surface area contributed by atoms with Gasteiger partial charge in [0.25, 0.3) is 5.91 Å². The van der Waals surface area contributed by atoms with Crippen molar-refractivity contribution in [2.45, 2.75) is 64.1 Å². The highest BCUT2D eigenvalue weighted by Gasteiger charge is 2.19. The van der Waals surface area contributed by atoms with Crippen molar-refractivity contribution in [3.63, 3.8) is 0 Å². The van der Waals surface area contributed by atoms with Crippen molar-refractivity contribution < 1.29 is 22.7 Å². The van der Waals surface area contributed by atoms with Crippen LogP contribution in [-0.2, 0) is 19.6 Å². The summed E-state index contributed by atoms with van der Waals surface area (Å²) in [6, 6.07) is 6.66. The van der Waals surface area contributed by atoms with E-state index in [-0.39, 0.29) is 5.91 Å². The number of hydrogen-bond acceptors (Lipinski definition) is 5. The molecule has 7 nitrogen and oxygen atoms in total. The summed E-state index contributed by atoms with van der Waals surface area (Å²) in [6.45, 7) is 3.11. The van der Waals surface area contributed by atoms with Crippen molar-refractivity contribution in [1.29, 1.82) is 0 Å². The molecule has 1 amide bonds. The fourth-order valence-electron chi connectivity index (χ4n) is 3.29. The van der Waals surface area contributed by atoms with Crippen LogP contribution in [0.3, 0.4) is 0 Å². The standard InChI is InChI=1S/C21H34N2O5S/c1-4-20(21(24)22-15-8-16-27-18-9-6-5-7-10-18)28-19-13-11-17(12-14-19)23(2)29(3,25)26/h11-14,18,20H,4-10,15-16H2,1-3H3,(H,22,24)/t20-/m0/s1. The van der Waals surface area contributed by atoms with Crippen LogP contribution in [0.25, 0.3) is 0 Å². The molecule has 1 aromatic rings. The van der Waals surface area contributed by atoms with Gasteiger partial charge in [0.1, 0.15) is 5.75 Å². The summed E-state index contributed by atoms with van der Waals surface area (Å²) in [5.74, 6) is 0.376. The maximum Gasteiger partial charge on any atom is 0.261 e. The first-order chi connectivity index (χ1) is 13.8. The Balaban J connectivity index is 1.74. The number of hydrogen-bond donors (Lipinski definition) is 1. The van der Waals surface area contributed by atoms with Crippen LogP contribution in [0.5, 0.6) is 5.75 Å². The maximum absolute atomic E-state index is 12.4. The van der Waals surface area contributed by atoms with Crippen LogP contribution in [0.15, 0.2) is 24.3 Å². The van der Waals surface area contributed by atoms with Crippen molar-refractivity contribution in [3.8, 4) is 5.75 Å². The van der Waals surface area contributed by atoms with E-state index in [4.69, 9.17) is 9.47 Å². The summed E-state index contributed by atoms with van der Waals surface area (Å²) in [7, 11) is -1.82. The first-order valence-corrected chi connectivity index (χ1v) is 12.3. The summed E-state index contributed by atoms with van der Waals surface area (Å²) < 4.78 is 36.0. The van der Waals surface area contributed by atoms with E-state index in [0.29, 0.717) is 37.1 Å². The van der Waals surface area contributed by atoms with Gasteiger partial charge in [-0.25, -0.2) is 8.42 Å². The minimum absolute atomic E-state index is 0.150. The van der Waals surface area contributed by atoms with Crippen LogP contribution in [0, 0.1) is 0 Å². The van der Waals surface area contributed by atoms with Crippen LogP contribution < -0.4 is 14.4 Å². The molecule has 1 aliphatic carbocycles. The minimum atomic E-state index is -3.31. The molecule has 0 aromatic heterocycles. The molecule has 0 unspecified atom stereocenters. The van der Waals surface area contributed by atoms with Gasteiger partial charge in [0.2, 0.25) is 10.0 Å². The molecule has 1 N–H and O–H groups in total. The second-order valence-electron chi connectivity index (χ2n) is 7.51. The number of nitrogens with one attached hydrogen (secondary N) is 1. The third-order valence-corrected chi connectivity index (χ3v) is 6.37. The largest absolute Gasteiger partial charge is 0.481 e. The second kappa shape index (κ2) is 11.4. The molecule has 0 radical (unpaired) electrons. The lowest BCUT2D eigenvalue weighted by Crippen LogP contribution is -2.38. The highest BCUT2D eigenvalue weighted by molar-refractivity contribution is 7.92. The van der Waals surface area contributed by atoms with E-state index in [9.17, 15) is 13.2 Å². The number of anilines is 1. The number of nitrogens with zero attached hydrogens (tertiary/aromatic N) is 1. The zero-order valence-electron chi connectivity index (χ0n) is 17.7. The van der Waals surface area contributed by atoms with Gasteiger partial charge >= 0.3 is 0 Å². The van der Waals surface area contributed by atoms with Crippen molar-refractivity contribution in [1.82, 2.24) is 5.32 Å². The van der Waals surface area contributed by atoms with Crippen LogP contribution in [-0.4, -0.2) is 53.0 Å². The molecule has 0 bridgehead atoms. The molecule has 164 valence electrons. The number of ether oxygens (including phenoxy) is 2. The number of rotatable bonds is 11. The zero-order valence-corrected chi connectivity index (χ0v) is 18.5. The average Bonchev–Trinajstić information content (AvgIpc) is 2.71. The third-order valence-electron chi connectivity index (χ3n) is 5.17. The number of carbonyl (C=O) groups is 1. The van der Waals surface area contributed by atoms with Crippen molar-refractivity contribution in [2.24, 2.45) is 0 Å². The Morgan fingerprint density at radius 2 is 1.86 bits per heavy atom. The first-order valence-electron chi connectivity index (χ1n) is 10.4. The molecule has 0 spiro atoms. The molecule has 1 aliphatic rings. The predicted octanol–water partition coefficient (Wildman–Crippen LogP) is 3.10. The summed E-state index contributed by atoms with van der Waals surface area (Å²) >= 11 is 0. The maximum atomic E-state index is 12.4. The van der Waals surface area contributed by atoms with E-state index in [1.807, 2.05) is 6.92 Å². The Bertz CT molecular complexity index is 730. The molecule has 1 atom stereocenters. The Kier molecular flexibility index (Phi) is 9.23. The predicted molar refractivity (Wildman–Crippen MR) is 115 cm³/mol. The van der Waals surface area contributed by atoms with Crippen LogP contribution >= 0.6 is 0 Å². The molecule has 1 aromatic carbocycles. The summed E-state index contributed by atoms with van der Waals surface area (Å²) in [5, 5.41) is 2.91.